The molecule has 0 spiro atoms. The lowest BCUT2D eigenvalue weighted by atomic mass is 9.88. The molecule has 0 amide bonds. The number of aryl methyl sites for hydroxylation is 2. The Balaban J connectivity index is 1.50. The van der Waals surface area contributed by atoms with Crippen LogP contribution in [0, 0.1) is 0 Å². The van der Waals surface area contributed by atoms with Crippen LogP contribution in [0.5, 0.6) is 5.75 Å². The highest BCUT2D eigenvalue weighted by molar-refractivity contribution is 5.81. The minimum atomic E-state index is 0.241. The largest absolute Gasteiger partial charge is 0.507 e. The molecule has 1 aliphatic carbocycles. The van der Waals surface area contributed by atoms with Crippen LogP contribution in [-0.2, 0) is 12.8 Å². The number of phenols is 1. The van der Waals surface area contributed by atoms with E-state index in [0.29, 0.717) is 0 Å². The Bertz CT molecular complexity index is 1430. The van der Waals surface area contributed by atoms with Crippen LogP contribution in [0.2, 0.25) is 0 Å². The van der Waals surface area contributed by atoms with Crippen molar-refractivity contribution in [3.05, 3.63) is 120 Å². The molecule has 5 aromatic rings. The Kier molecular flexibility index (Phi) is 5.04. The smallest absolute Gasteiger partial charge is 0.137 e. The van der Waals surface area contributed by atoms with Gasteiger partial charge in [-0.1, -0.05) is 48.5 Å². The molecule has 2 heterocycles. The van der Waals surface area contributed by atoms with Crippen LogP contribution >= 0.6 is 0 Å². The topological polar surface area (TPSA) is 49.3 Å². The van der Waals surface area contributed by atoms with Crippen molar-refractivity contribution in [3.8, 4) is 28.3 Å². The third-order valence-electron chi connectivity index (χ3n) is 6.32. The molecule has 1 aliphatic rings. The fourth-order valence-electron chi connectivity index (χ4n) is 4.65. The van der Waals surface area contributed by atoms with Crippen molar-refractivity contribution >= 4 is 17.2 Å². The number of aromatic nitrogens is 2. The second kappa shape index (κ2) is 8.49. The van der Waals surface area contributed by atoms with E-state index in [4.69, 9.17) is 4.98 Å². The SMILES string of the molecule is Oc1ccccc1-c1ccc2c(n1)-c1cc(N(c3ccccc3)c3ccccn3)ccc1CC2. The highest BCUT2D eigenvalue weighted by Gasteiger charge is 2.22. The van der Waals surface area contributed by atoms with Gasteiger partial charge < -0.3 is 5.11 Å². The van der Waals surface area contributed by atoms with E-state index in [2.05, 4.69) is 46.3 Å². The van der Waals surface area contributed by atoms with E-state index in [1.807, 2.05) is 66.9 Å². The minimum Gasteiger partial charge on any atom is -0.507 e. The van der Waals surface area contributed by atoms with Gasteiger partial charge in [-0.05, 0) is 78.6 Å². The fourth-order valence-corrected chi connectivity index (χ4v) is 4.65. The third kappa shape index (κ3) is 3.59. The lowest BCUT2D eigenvalue weighted by Crippen LogP contribution is -2.13. The molecule has 3 aromatic carbocycles. The molecule has 1 N–H and O–H groups in total. The molecule has 0 bridgehead atoms. The maximum Gasteiger partial charge on any atom is 0.137 e. The zero-order chi connectivity index (χ0) is 22.9. The molecule has 4 heteroatoms. The molecule has 2 aromatic heterocycles. The van der Waals surface area contributed by atoms with Crippen LogP contribution in [0.25, 0.3) is 22.5 Å². The van der Waals surface area contributed by atoms with Gasteiger partial charge in [-0.15, -0.1) is 0 Å². The number of rotatable bonds is 4. The molecular formula is C30H23N3O. The van der Waals surface area contributed by atoms with Gasteiger partial charge in [0.05, 0.1) is 11.4 Å². The van der Waals surface area contributed by atoms with Gasteiger partial charge in [0.2, 0.25) is 0 Å². The summed E-state index contributed by atoms with van der Waals surface area (Å²) in [6, 6.07) is 34.4. The van der Waals surface area contributed by atoms with Crippen LogP contribution in [0.1, 0.15) is 11.1 Å². The Morgan fingerprint density at radius 2 is 1.41 bits per heavy atom. The number of benzene rings is 3. The number of hydrogen-bond acceptors (Lipinski definition) is 4. The molecule has 0 unspecified atom stereocenters. The maximum absolute atomic E-state index is 10.4. The number of fused-ring (bicyclic) bond motifs is 3. The first kappa shape index (κ1) is 20.2. The molecule has 34 heavy (non-hydrogen) atoms. The first-order chi connectivity index (χ1) is 16.8. The second-order valence-electron chi connectivity index (χ2n) is 8.42. The number of anilines is 3. The summed E-state index contributed by atoms with van der Waals surface area (Å²) in [5, 5.41) is 10.4. The summed E-state index contributed by atoms with van der Waals surface area (Å²) >= 11 is 0. The Morgan fingerprint density at radius 1 is 0.647 bits per heavy atom. The van der Waals surface area contributed by atoms with Crippen molar-refractivity contribution in [1.29, 1.82) is 0 Å². The minimum absolute atomic E-state index is 0.241. The van der Waals surface area contributed by atoms with Crippen molar-refractivity contribution in [2.75, 3.05) is 4.90 Å². The Morgan fingerprint density at radius 3 is 2.24 bits per heavy atom. The van der Waals surface area contributed by atoms with Crippen molar-refractivity contribution in [3.63, 3.8) is 0 Å². The maximum atomic E-state index is 10.4. The molecule has 0 atom stereocenters. The number of para-hydroxylation sites is 2. The monoisotopic (exact) mass is 441 g/mol. The third-order valence-corrected chi connectivity index (χ3v) is 6.32. The van der Waals surface area contributed by atoms with E-state index >= 15 is 0 Å². The number of nitrogens with zero attached hydrogens (tertiary/aromatic N) is 3. The molecule has 0 aliphatic heterocycles. The van der Waals surface area contributed by atoms with Crippen LogP contribution in [0.15, 0.2) is 109 Å². The van der Waals surface area contributed by atoms with E-state index in [0.717, 1.165) is 52.5 Å². The average molecular weight is 442 g/mol. The van der Waals surface area contributed by atoms with Crippen molar-refractivity contribution in [2.45, 2.75) is 12.8 Å². The second-order valence-corrected chi connectivity index (χ2v) is 8.42. The van der Waals surface area contributed by atoms with Gasteiger partial charge in [0, 0.05) is 28.7 Å². The Hall–Kier alpha value is -4.44. The van der Waals surface area contributed by atoms with Gasteiger partial charge in [-0.3, -0.25) is 4.90 Å². The average Bonchev–Trinajstić information content (AvgIpc) is 2.90. The molecule has 0 saturated carbocycles. The number of aromatic hydroxyl groups is 1. The predicted octanol–water partition coefficient (Wildman–Crippen LogP) is 7.08. The van der Waals surface area contributed by atoms with Gasteiger partial charge >= 0.3 is 0 Å². The van der Waals surface area contributed by atoms with E-state index in [1.165, 1.54) is 11.1 Å². The molecular weight excluding hydrogens is 418 g/mol. The summed E-state index contributed by atoms with van der Waals surface area (Å²) in [5.74, 6) is 1.10. The first-order valence-electron chi connectivity index (χ1n) is 11.5. The normalized spacial score (nSPS) is 12.0. The summed E-state index contributed by atoms with van der Waals surface area (Å²) in [5.41, 5.74) is 8.23. The highest BCUT2D eigenvalue weighted by atomic mass is 16.3. The fraction of sp³-hybridized carbons (Fsp3) is 0.0667. The van der Waals surface area contributed by atoms with E-state index in [-0.39, 0.29) is 5.75 Å². The van der Waals surface area contributed by atoms with E-state index in [9.17, 15) is 5.11 Å². The molecule has 0 saturated heterocycles. The van der Waals surface area contributed by atoms with Gasteiger partial charge in [-0.2, -0.15) is 0 Å². The van der Waals surface area contributed by atoms with Crippen LogP contribution in [-0.4, -0.2) is 15.1 Å². The summed E-state index contributed by atoms with van der Waals surface area (Å²) in [4.78, 5) is 11.8. The zero-order valence-electron chi connectivity index (χ0n) is 18.6. The molecule has 6 rings (SSSR count). The summed E-state index contributed by atoms with van der Waals surface area (Å²) in [7, 11) is 0. The predicted molar refractivity (Wildman–Crippen MR) is 137 cm³/mol. The first-order valence-corrected chi connectivity index (χ1v) is 11.5. The number of hydrogen-bond donors (Lipinski definition) is 1. The van der Waals surface area contributed by atoms with Crippen molar-refractivity contribution in [1.82, 2.24) is 9.97 Å². The number of pyridine rings is 2. The standard InChI is InChI=1S/C30H23N3O/c34-28-11-5-4-10-25(28)27-18-16-22-14-13-21-15-17-24(20-26(21)30(22)32-27)33(23-8-2-1-3-9-23)29-12-6-7-19-31-29/h1-12,15-20,34H,13-14H2. The lowest BCUT2D eigenvalue weighted by molar-refractivity contribution is 0.477. The van der Waals surface area contributed by atoms with Crippen LogP contribution < -0.4 is 4.90 Å². The van der Waals surface area contributed by atoms with Gasteiger partial charge in [0.15, 0.2) is 0 Å². The molecule has 4 nitrogen and oxygen atoms in total. The molecule has 164 valence electrons. The summed E-state index contributed by atoms with van der Waals surface area (Å²) < 4.78 is 0. The molecule has 0 radical (unpaired) electrons. The Labute approximate surface area is 198 Å². The van der Waals surface area contributed by atoms with Gasteiger partial charge in [0.1, 0.15) is 11.6 Å². The van der Waals surface area contributed by atoms with Gasteiger partial charge in [-0.25, -0.2) is 9.97 Å². The zero-order valence-corrected chi connectivity index (χ0v) is 18.6. The van der Waals surface area contributed by atoms with Crippen molar-refractivity contribution < 1.29 is 5.11 Å². The van der Waals surface area contributed by atoms with Crippen LogP contribution in [0.4, 0.5) is 17.2 Å². The quantitative estimate of drug-likeness (QED) is 0.324. The van der Waals surface area contributed by atoms with E-state index in [1.54, 1.807) is 6.07 Å². The van der Waals surface area contributed by atoms with E-state index < -0.39 is 0 Å². The van der Waals surface area contributed by atoms with Gasteiger partial charge in [0.25, 0.3) is 0 Å². The summed E-state index contributed by atoms with van der Waals surface area (Å²) in [6.45, 7) is 0. The highest BCUT2D eigenvalue weighted by Crippen LogP contribution is 2.40. The van der Waals surface area contributed by atoms with Crippen molar-refractivity contribution in [2.24, 2.45) is 0 Å². The molecule has 0 fully saturated rings. The lowest BCUT2D eigenvalue weighted by Gasteiger charge is -2.27. The summed E-state index contributed by atoms with van der Waals surface area (Å²) in [6.07, 6.45) is 3.76. The number of phenolic OH excluding ortho intramolecular Hbond substituents is 1. The van der Waals surface area contributed by atoms with Crippen LogP contribution in [0.3, 0.4) is 0 Å².